The van der Waals surface area contributed by atoms with Crippen LogP contribution in [-0.4, -0.2) is 121 Å². The number of aliphatic hydroxyl groups is 6. The first kappa shape index (κ1) is 34.4. The predicted octanol–water partition coefficient (Wildman–Crippen LogP) is -0.564. The van der Waals surface area contributed by atoms with Crippen LogP contribution >= 0.6 is 0 Å². The fraction of sp³-hybridized carbons (Fsp3) is 0.781. The Morgan fingerprint density at radius 3 is 2.36 bits per heavy atom. The molecule has 47 heavy (non-hydrogen) atoms. The minimum absolute atomic E-state index is 0.110. The number of carboxylic acid groups (broad SMARTS) is 1. The molecular weight excluding hydrogens is 624 g/mol. The Kier molecular flexibility index (Phi) is 8.26. The summed E-state index contributed by atoms with van der Waals surface area (Å²) >= 11 is 0. The van der Waals surface area contributed by atoms with Gasteiger partial charge in [-0.2, -0.15) is 0 Å². The van der Waals surface area contributed by atoms with E-state index in [1.807, 2.05) is 0 Å². The van der Waals surface area contributed by atoms with Crippen molar-refractivity contribution in [2.45, 2.75) is 114 Å². The molecule has 4 heterocycles. The number of hydrogen-bond acceptors (Lipinski definition) is 14. The second kappa shape index (κ2) is 11.3. The Bertz CT molecular complexity index is 1390. The zero-order chi connectivity index (χ0) is 34.5. The Morgan fingerprint density at radius 2 is 1.81 bits per heavy atom. The molecule has 3 aliphatic heterocycles. The van der Waals surface area contributed by atoms with Gasteiger partial charge in [0.25, 0.3) is 0 Å². The number of epoxide rings is 1. The quantitative estimate of drug-likeness (QED) is 0.142. The minimum Gasteiger partial charge on any atom is -0.479 e. The molecule has 6 rings (SSSR count). The zero-order valence-corrected chi connectivity index (χ0v) is 26.6. The van der Waals surface area contributed by atoms with Gasteiger partial charge in [0.1, 0.15) is 42.4 Å². The third-order valence-corrected chi connectivity index (χ3v) is 12.2. The maximum absolute atomic E-state index is 14.6. The van der Waals surface area contributed by atoms with Crippen LogP contribution in [0.2, 0.25) is 0 Å². The molecule has 14 unspecified atom stereocenters. The van der Waals surface area contributed by atoms with Crippen molar-refractivity contribution in [2.24, 2.45) is 28.1 Å². The monoisotopic (exact) mass is 668 g/mol. The molecule has 1 aromatic heterocycles. The summed E-state index contributed by atoms with van der Waals surface area (Å²) < 4.78 is 29.2. The van der Waals surface area contributed by atoms with Crippen molar-refractivity contribution in [1.29, 1.82) is 0 Å². The van der Waals surface area contributed by atoms with Gasteiger partial charge in [-0.1, -0.05) is 6.92 Å². The molecule has 2 aliphatic carbocycles. The van der Waals surface area contributed by atoms with Crippen LogP contribution in [0.1, 0.15) is 65.0 Å². The Balaban J connectivity index is 1.50. The molecule has 2 saturated carbocycles. The van der Waals surface area contributed by atoms with Gasteiger partial charge in [0, 0.05) is 28.7 Å². The van der Waals surface area contributed by atoms with E-state index in [4.69, 9.17) is 23.4 Å². The number of Topliss-reactive ketones (excluding diaryl/α,β-unsaturated/α-hetero) is 1. The van der Waals surface area contributed by atoms with Crippen LogP contribution in [0, 0.1) is 28.1 Å². The highest BCUT2D eigenvalue weighted by molar-refractivity contribution is 5.92. The van der Waals surface area contributed by atoms with E-state index in [1.54, 1.807) is 19.9 Å². The SMILES string of the molecule is CC(C)(O)C1CC(=O)C2(C)C(CCC(C)(C(OC3OC(CO)C(O)C(O)C3O)c3ccoc3)C23OC3C(=O)O)C12COC(=O)CC2O. The molecule has 0 amide bonds. The second-order valence-corrected chi connectivity index (χ2v) is 14.9. The summed E-state index contributed by atoms with van der Waals surface area (Å²) in [4.78, 5) is 39.8. The van der Waals surface area contributed by atoms with Crippen molar-refractivity contribution in [1.82, 2.24) is 0 Å². The van der Waals surface area contributed by atoms with Crippen molar-refractivity contribution in [2.75, 3.05) is 13.2 Å². The number of rotatable bonds is 7. The third-order valence-electron chi connectivity index (χ3n) is 12.2. The maximum Gasteiger partial charge on any atom is 0.335 e. The summed E-state index contributed by atoms with van der Waals surface area (Å²) in [7, 11) is 0. The largest absolute Gasteiger partial charge is 0.479 e. The molecule has 0 aromatic carbocycles. The van der Waals surface area contributed by atoms with Crippen LogP contribution in [-0.2, 0) is 33.3 Å². The van der Waals surface area contributed by atoms with Crippen LogP contribution in [0.3, 0.4) is 0 Å². The summed E-state index contributed by atoms with van der Waals surface area (Å²) in [6, 6.07) is 1.55. The molecule has 7 N–H and O–H groups in total. The van der Waals surface area contributed by atoms with Gasteiger partial charge in [0.05, 0.1) is 48.8 Å². The van der Waals surface area contributed by atoms with E-state index in [-0.39, 0.29) is 32.3 Å². The van der Waals surface area contributed by atoms with Gasteiger partial charge in [-0.15, -0.1) is 0 Å². The molecule has 262 valence electrons. The molecule has 2 spiro atoms. The summed E-state index contributed by atoms with van der Waals surface area (Å²) in [5.74, 6) is -4.07. The van der Waals surface area contributed by atoms with Gasteiger partial charge in [-0.25, -0.2) is 4.79 Å². The summed E-state index contributed by atoms with van der Waals surface area (Å²) in [6.45, 7) is 5.34. The number of carboxylic acids is 1. The molecule has 3 saturated heterocycles. The van der Waals surface area contributed by atoms with Gasteiger partial charge in [-0.3, -0.25) is 9.59 Å². The predicted molar refractivity (Wildman–Crippen MR) is 154 cm³/mol. The molecule has 14 atom stereocenters. The minimum atomic E-state index is -1.80. The normalized spacial score (nSPS) is 47.4. The lowest BCUT2D eigenvalue weighted by Gasteiger charge is -2.67. The molecule has 5 fully saturated rings. The topological polar surface area (TPSA) is 246 Å². The van der Waals surface area contributed by atoms with Crippen LogP contribution in [0.15, 0.2) is 23.0 Å². The van der Waals surface area contributed by atoms with Crippen LogP contribution < -0.4 is 0 Å². The smallest absolute Gasteiger partial charge is 0.335 e. The van der Waals surface area contributed by atoms with E-state index in [1.165, 1.54) is 26.4 Å². The fourth-order valence-corrected chi connectivity index (χ4v) is 9.96. The van der Waals surface area contributed by atoms with E-state index in [0.717, 1.165) is 0 Å². The number of carbonyl (C=O) groups excluding carboxylic acids is 2. The summed E-state index contributed by atoms with van der Waals surface area (Å²) in [6.07, 6.45) is -9.86. The van der Waals surface area contributed by atoms with Crippen LogP contribution in [0.25, 0.3) is 0 Å². The average molecular weight is 669 g/mol. The van der Waals surface area contributed by atoms with E-state index in [2.05, 4.69) is 0 Å². The van der Waals surface area contributed by atoms with E-state index < -0.39 is 113 Å². The molecule has 1 aromatic rings. The number of hydrogen-bond donors (Lipinski definition) is 7. The standard InChI is InChI=1S/C32H44O15/c1-28(2,42)17-9-18(34)30(4)16(31(17)13-44-20(36)10-19(31)35)5-7-29(3,32(30)25(47-32)26(40)41)24(14-6-8-43-12-14)46-27-23(39)22(38)21(37)15(11-33)45-27/h6,8,12,15-17,19,21-25,27,33,35,37-39,42H,5,7,9-11,13H2,1-4H3,(H,40,41). The lowest BCUT2D eigenvalue weighted by atomic mass is 9.36. The molecule has 15 nitrogen and oxygen atoms in total. The molecule has 0 radical (unpaired) electrons. The average Bonchev–Trinajstić information content (AvgIpc) is 3.57. The number of furan rings is 1. The van der Waals surface area contributed by atoms with E-state index in [9.17, 15) is 50.1 Å². The first-order valence-electron chi connectivity index (χ1n) is 15.9. The number of aliphatic carboxylic acids is 1. The highest BCUT2D eigenvalue weighted by Gasteiger charge is 2.87. The van der Waals surface area contributed by atoms with E-state index in [0.29, 0.717) is 5.56 Å². The van der Waals surface area contributed by atoms with Crippen molar-refractivity contribution in [3.8, 4) is 0 Å². The summed E-state index contributed by atoms with van der Waals surface area (Å²) in [5.41, 5.74) is -7.33. The van der Waals surface area contributed by atoms with Crippen molar-refractivity contribution in [3.63, 3.8) is 0 Å². The van der Waals surface area contributed by atoms with Crippen molar-refractivity contribution < 1.29 is 73.5 Å². The molecule has 5 aliphatic rings. The molecule has 0 bridgehead atoms. The van der Waals surface area contributed by atoms with Crippen LogP contribution in [0.5, 0.6) is 0 Å². The number of fused-ring (bicyclic) bond motifs is 3. The Labute approximate surface area is 270 Å². The summed E-state index contributed by atoms with van der Waals surface area (Å²) in [5, 5.41) is 75.1. The van der Waals surface area contributed by atoms with Crippen molar-refractivity contribution in [3.05, 3.63) is 24.2 Å². The fourth-order valence-electron chi connectivity index (χ4n) is 9.96. The third kappa shape index (κ3) is 4.62. The Hall–Kier alpha value is -2.47. The van der Waals surface area contributed by atoms with Crippen LogP contribution in [0.4, 0.5) is 0 Å². The lowest BCUT2D eigenvalue weighted by molar-refractivity contribution is -0.329. The maximum atomic E-state index is 14.6. The first-order valence-corrected chi connectivity index (χ1v) is 15.9. The number of aliphatic hydroxyl groups excluding tert-OH is 5. The van der Waals surface area contributed by atoms with E-state index >= 15 is 0 Å². The highest BCUT2D eigenvalue weighted by atomic mass is 16.7. The van der Waals surface area contributed by atoms with Gasteiger partial charge in [0.15, 0.2) is 12.4 Å². The lowest BCUT2D eigenvalue weighted by Crippen LogP contribution is -2.74. The zero-order valence-electron chi connectivity index (χ0n) is 26.6. The first-order chi connectivity index (χ1) is 21.9. The van der Waals surface area contributed by atoms with Crippen molar-refractivity contribution >= 4 is 17.7 Å². The number of esters is 1. The Morgan fingerprint density at radius 1 is 1.11 bits per heavy atom. The van der Waals surface area contributed by atoms with Gasteiger partial charge >= 0.3 is 11.9 Å². The second-order valence-electron chi connectivity index (χ2n) is 14.9. The number of ether oxygens (including phenoxy) is 4. The van der Waals surface area contributed by atoms with Gasteiger partial charge < -0.3 is 59.1 Å². The number of carbonyl (C=O) groups is 3. The number of cyclic esters (lactones) is 1. The van der Waals surface area contributed by atoms with Gasteiger partial charge in [-0.05, 0) is 45.6 Å². The number of ketones is 1. The molecular formula is C32H44O15. The van der Waals surface area contributed by atoms with Gasteiger partial charge in [0.2, 0.25) is 0 Å². The highest BCUT2D eigenvalue weighted by Crippen LogP contribution is 2.77. The molecule has 15 heteroatoms.